The van der Waals surface area contributed by atoms with Gasteiger partial charge in [0.1, 0.15) is 12.1 Å². The fraction of sp³-hybridized carbons (Fsp3) is 0.111. The second-order valence-electron chi connectivity index (χ2n) is 6.01. The Morgan fingerprint density at radius 3 is 2.82 bits per heavy atom. The lowest BCUT2D eigenvalue weighted by Crippen LogP contribution is -2.14. The van der Waals surface area contributed by atoms with E-state index < -0.39 is 0 Å². The normalized spacial score (nSPS) is 10.6. The number of aromatic nitrogens is 6. The molecular weight excluding hydrogens is 376 g/mol. The molecule has 140 valence electrons. The van der Waals surface area contributed by atoms with Crippen LogP contribution < -0.4 is 10.6 Å². The summed E-state index contributed by atoms with van der Waals surface area (Å²) in [5.74, 6) is 0.591. The van der Waals surface area contributed by atoms with Crippen LogP contribution in [0.1, 0.15) is 11.3 Å². The van der Waals surface area contributed by atoms with Crippen molar-refractivity contribution < 1.29 is 4.79 Å². The molecule has 0 aliphatic rings. The molecule has 0 fully saturated rings. The summed E-state index contributed by atoms with van der Waals surface area (Å²) >= 11 is 1.44. The van der Waals surface area contributed by atoms with Crippen LogP contribution in [0.25, 0.3) is 5.69 Å². The van der Waals surface area contributed by atoms with E-state index in [4.69, 9.17) is 0 Å². The van der Waals surface area contributed by atoms with Gasteiger partial charge in [0.15, 0.2) is 5.13 Å². The number of benzene rings is 1. The SMILES string of the molecule is Cc1ccnc(Nc2nc(CC(=O)Nc3ccc(-n4cnnn4)cc3)cs2)c1. The predicted molar refractivity (Wildman–Crippen MR) is 106 cm³/mol. The number of nitrogens with one attached hydrogen (secondary N) is 2. The number of nitrogens with zero attached hydrogens (tertiary/aromatic N) is 6. The van der Waals surface area contributed by atoms with Gasteiger partial charge in [-0.05, 0) is 59.3 Å². The van der Waals surface area contributed by atoms with Gasteiger partial charge in [-0.3, -0.25) is 4.79 Å². The van der Waals surface area contributed by atoms with Gasteiger partial charge in [0.2, 0.25) is 5.91 Å². The standard InChI is InChI=1S/C18H16N8OS/c1-12-6-7-19-16(8-12)23-18-22-14(10-28-18)9-17(27)21-13-2-4-15(5-3-13)26-11-20-24-25-26/h2-8,10-11H,9H2,1H3,(H,21,27)(H,19,22,23). The molecule has 0 spiro atoms. The van der Waals surface area contributed by atoms with Gasteiger partial charge in [0.05, 0.1) is 17.8 Å². The van der Waals surface area contributed by atoms with Crippen molar-refractivity contribution in [1.29, 1.82) is 0 Å². The number of hydrogen-bond donors (Lipinski definition) is 2. The molecule has 0 aliphatic heterocycles. The van der Waals surface area contributed by atoms with E-state index >= 15 is 0 Å². The summed E-state index contributed by atoms with van der Waals surface area (Å²) < 4.78 is 1.54. The van der Waals surface area contributed by atoms with Gasteiger partial charge in [0, 0.05) is 17.3 Å². The lowest BCUT2D eigenvalue weighted by molar-refractivity contribution is -0.115. The third-order valence-corrected chi connectivity index (χ3v) is 4.62. The summed E-state index contributed by atoms with van der Waals surface area (Å²) in [6.07, 6.45) is 3.44. The summed E-state index contributed by atoms with van der Waals surface area (Å²) in [7, 11) is 0. The molecule has 0 saturated heterocycles. The molecule has 0 aliphatic carbocycles. The summed E-state index contributed by atoms with van der Waals surface area (Å²) in [5, 5.41) is 19.6. The first-order chi connectivity index (χ1) is 13.7. The number of pyridine rings is 1. The molecule has 10 heteroatoms. The third-order valence-electron chi connectivity index (χ3n) is 3.81. The van der Waals surface area contributed by atoms with Crippen molar-refractivity contribution in [3.8, 4) is 5.69 Å². The molecule has 3 aromatic heterocycles. The molecule has 28 heavy (non-hydrogen) atoms. The lowest BCUT2D eigenvalue weighted by atomic mass is 10.2. The number of hydrogen-bond acceptors (Lipinski definition) is 8. The van der Waals surface area contributed by atoms with Crippen LogP contribution in [0.3, 0.4) is 0 Å². The van der Waals surface area contributed by atoms with Gasteiger partial charge < -0.3 is 10.6 Å². The first-order valence-corrected chi connectivity index (χ1v) is 9.31. The second kappa shape index (κ2) is 7.92. The minimum Gasteiger partial charge on any atom is -0.326 e. The van der Waals surface area contributed by atoms with Crippen molar-refractivity contribution in [2.75, 3.05) is 10.6 Å². The molecule has 1 aromatic carbocycles. The van der Waals surface area contributed by atoms with Crippen molar-refractivity contribution >= 4 is 33.9 Å². The highest BCUT2D eigenvalue weighted by atomic mass is 32.1. The van der Waals surface area contributed by atoms with Gasteiger partial charge >= 0.3 is 0 Å². The zero-order chi connectivity index (χ0) is 19.3. The molecule has 3 heterocycles. The molecule has 0 unspecified atom stereocenters. The number of thiazole rings is 1. The third kappa shape index (κ3) is 4.35. The maximum Gasteiger partial charge on any atom is 0.230 e. The number of anilines is 3. The molecule has 9 nitrogen and oxygen atoms in total. The van der Waals surface area contributed by atoms with E-state index in [1.165, 1.54) is 17.7 Å². The molecule has 0 bridgehead atoms. The van der Waals surface area contributed by atoms with Crippen LogP contribution in [-0.4, -0.2) is 36.1 Å². The van der Waals surface area contributed by atoms with Crippen LogP contribution in [0.2, 0.25) is 0 Å². The maximum atomic E-state index is 12.3. The van der Waals surface area contributed by atoms with Crippen LogP contribution in [0.15, 0.2) is 54.3 Å². The Morgan fingerprint density at radius 2 is 2.07 bits per heavy atom. The van der Waals surface area contributed by atoms with E-state index in [-0.39, 0.29) is 12.3 Å². The fourth-order valence-corrected chi connectivity index (χ4v) is 3.22. The Bertz CT molecular complexity index is 1080. The average Bonchev–Trinajstić information content (AvgIpc) is 3.35. The Labute approximate surface area is 164 Å². The highest BCUT2D eigenvalue weighted by molar-refractivity contribution is 7.13. The van der Waals surface area contributed by atoms with E-state index in [1.54, 1.807) is 23.0 Å². The summed E-state index contributed by atoms with van der Waals surface area (Å²) in [5.41, 5.74) is 3.31. The van der Waals surface area contributed by atoms with E-state index in [0.717, 1.165) is 17.1 Å². The molecule has 0 atom stereocenters. The van der Waals surface area contributed by atoms with Gasteiger partial charge in [0.25, 0.3) is 0 Å². The number of tetrazole rings is 1. The zero-order valence-electron chi connectivity index (χ0n) is 14.9. The van der Waals surface area contributed by atoms with Crippen LogP contribution in [0.4, 0.5) is 16.6 Å². The highest BCUT2D eigenvalue weighted by Gasteiger charge is 2.09. The average molecular weight is 392 g/mol. The molecular formula is C18H16N8OS. The summed E-state index contributed by atoms with van der Waals surface area (Å²) in [6.45, 7) is 2.00. The van der Waals surface area contributed by atoms with Crippen molar-refractivity contribution in [2.45, 2.75) is 13.3 Å². The topological polar surface area (TPSA) is 111 Å². The zero-order valence-corrected chi connectivity index (χ0v) is 15.7. The number of rotatable bonds is 6. The Morgan fingerprint density at radius 1 is 1.21 bits per heavy atom. The molecule has 0 radical (unpaired) electrons. The van der Waals surface area contributed by atoms with Gasteiger partial charge in [-0.2, -0.15) is 0 Å². The fourth-order valence-electron chi connectivity index (χ4n) is 2.51. The highest BCUT2D eigenvalue weighted by Crippen LogP contribution is 2.21. The molecule has 2 N–H and O–H groups in total. The minimum absolute atomic E-state index is 0.138. The number of aryl methyl sites for hydroxylation is 1. The number of amides is 1. The first kappa shape index (κ1) is 17.7. The van der Waals surface area contributed by atoms with E-state index in [1.807, 2.05) is 36.6 Å². The number of carbonyl (C=O) groups is 1. The van der Waals surface area contributed by atoms with E-state index in [0.29, 0.717) is 16.5 Å². The smallest absolute Gasteiger partial charge is 0.230 e. The van der Waals surface area contributed by atoms with Crippen LogP contribution >= 0.6 is 11.3 Å². The van der Waals surface area contributed by atoms with Crippen molar-refractivity contribution in [2.24, 2.45) is 0 Å². The van der Waals surface area contributed by atoms with Crippen LogP contribution in [0.5, 0.6) is 0 Å². The van der Waals surface area contributed by atoms with Crippen molar-refractivity contribution in [3.05, 3.63) is 65.6 Å². The van der Waals surface area contributed by atoms with E-state index in [9.17, 15) is 4.79 Å². The van der Waals surface area contributed by atoms with Crippen molar-refractivity contribution in [1.82, 2.24) is 30.2 Å². The Balaban J connectivity index is 1.34. The summed E-state index contributed by atoms with van der Waals surface area (Å²) in [6, 6.07) is 11.1. The molecule has 0 saturated carbocycles. The van der Waals surface area contributed by atoms with Crippen molar-refractivity contribution in [3.63, 3.8) is 0 Å². The molecule has 1 amide bonds. The largest absolute Gasteiger partial charge is 0.326 e. The van der Waals surface area contributed by atoms with Crippen LogP contribution in [0, 0.1) is 6.92 Å². The van der Waals surface area contributed by atoms with Gasteiger partial charge in [-0.1, -0.05) is 0 Å². The van der Waals surface area contributed by atoms with E-state index in [2.05, 4.69) is 36.1 Å². The molecule has 4 aromatic rings. The maximum absolute atomic E-state index is 12.3. The van der Waals surface area contributed by atoms with Gasteiger partial charge in [-0.15, -0.1) is 16.4 Å². The minimum atomic E-state index is -0.138. The first-order valence-electron chi connectivity index (χ1n) is 8.43. The predicted octanol–water partition coefficient (Wildman–Crippen LogP) is 2.75. The number of carbonyl (C=O) groups excluding carboxylic acids is 1. The summed E-state index contributed by atoms with van der Waals surface area (Å²) in [4.78, 5) is 21.0. The molecule has 4 rings (SSSR count). The lowest BCUT2D eigenvalue weighted by Gasteiger charge is -2.05. The monoisotopic (exact) mass is 392 g/mol. The second-order valence-corrected chi connectivity index (χ2v) is 6.87. The Kier molecular flexibility index (Phi) is 5.02. The Hall–Kier alpha value is -3.66. The quantitative estimate of drug-likeness (QED) is 0.519. The van der Waals surface area contributed by atoms with Crippen LogP contribution in [-0.2, 0) is 11.2 Å². The van der Waals surface area contributed by atoms with Gasteiger partial charge in [-0.25, -0.2) is 14.6 Å².